The molecule has 0 N–H and O–H groups in total. The first-order valence-corrected chi connectivity index (χ1v) is 6.47. The second-order valence-electron chi connectivity index (χ2n) is 5.80. The van der Waals surface area contributed by atoms with Crippen molar-refractivity contribution in [2.75, 3.05) is 0 Å². The molecule has 2 bridgehead atoms. The molecule has 3 atom stereocenters. The van der Waals surface area contributed by atoms with E-state index in [2.05, 4.69) is 6.07 Å². The van der Waals surface area contributed by atoms with Gasteiger partial charge in [-0.2, -0.15) is 5.26 Å². The summed E-state index contributed by atoms with van der Waals surface area (Å²) in [7, 11) is 0. The van der Waals surface area contributed by atoms with E-state index in [4.69, 9.17) is 0 Å². The Hall–Kier alpha value is -1.43. The summed E-state index contributed by atoms with van der Waals surface area (Å²) < 4.78 is 26.4. The fourth-order valence-corrected chi connectivity index (χ4v) is 3.91. The normalized spacial score (nSPS) is 33.6. The van der Waals surface area contributed by atoms with Gasteiger partial charge in [-0.1, -0.05) is 6.42 Å². The van der Waals surface area contributed by atoms with Gasteiger partial charge in [-0.25, -0.2) is 8.78 Å². The van der Waals surface area contributed by atoms with Gasteiger partial charge in [-0.3, -0.25) is 0 Å². The molecule has 0 spiro atoms. The standard InChI is InChI=1S/C15H15F2N/c16-13-4-11(5-14(17)6-13)8-15(9-18)7-10-1-2-12(15)3-10/h4-6,10,12H,1-3,7-8H2. The summed E-state index contributed by atoms with van der Waals surface area (Å²) in [5.74, 6) is -0.0469. The van der Waals surface area contributed by atoms with Crippen LogP contribution >= 0.6 is 0 Å². The average Bonchev–Trinajstić information content (AvgIpc) is 2.88. The third-order valence-electron chi connectivity index (χ3n) is 4.64. The van der Waals surface area contributed by atoms with E-state index in [0.717, 1.165) is 25.3 Å². The summed E-state index contributed by atoms with van der Waals surface area (Å²) in [4.78, 5) is 0. The number of rotatable bonds is 2. The Morgan fingerprint density at radius 3 is 2.44 bits per heavy atom. The molecule has 3 unspecified atom stereocenters. The van der Waals surface area contributed by atoms with Crippen molar-refractivity contribution in [1.82, 2.24) is 0 Å². The Labute approximate surface area is 105 Å². The molecule has 2 aliphatic rings. The lowest BCUT2D eigenvalue weighted by atomic mass is 9.70. The maximum atomic E-state index is 13.2. The second-order valence-corrected chi connectivity index (χ2v) is 5.80. The number of hydrogen-bond donors (Lipinski definition) is 0. The van der Waals surface area contributed by atoms with Crippen LogP contribution in [0.1, 0.15) is 31.2 Å². The molecule has 0 saturated heterocycles. The number of benzene rings is 1. The van der Waals surface area contributed by atoms with Crippen LogP contribution in [0.2, 0.25) is 0 Å². The fraction of sp³-hybridized carbons (Fsp3) is 0.533. The van der Waals surface area contributed by atoms with Gasteiger partial charge in [0.15, 0.2) is 0 Å². The fourth-order valence-electron chi connectivity index (χ4n) is 3.91. The summed E-state index contributed by atoms with van der Waals surface area (Å²) in [5.41, 5.74) is 0.227. The third-order valence-corrected chi connectivity index (χ3v) is 4.64. The Morgan fingerprint density at radius 1 is 1.22 bits per heavy atom. The van der Waals surface area contributed by atoms with Crippen molar-refractivity contribution in [3.05, 3.63) is 35.4 Å². The zero-order valence-corrected chi connectivity index (χ0v) is 10.1. The first kappa shape index (κ1) is 11.6. The van der Waals surface area contributed by atoms with Gasteiger partial charge >= 0.3 is 0 Å². The highest BCUT2D eigenvalue weighted by molar-refractivity contribution is 5.24. The van der Waals surface area contributed by atoms with Crippen molar-refractivity contribution in [1.29, 1.82) is 5.26 Å². The molecule has 0 aliphatic heterocycles. The van der Waals surface area contributed by atoms with E-state index in [1.807, 2.05) is 0 Å². The molecule has 2 fully saturated rings. The minimum Gasteiger partial charge on any atom is -0.207 e. The van der Waals surface area contributed by atoms with Crippen LogP contribution in [0.4, 0.5) is 8.78 Å². The lowest BCUT2D eigenvalue weighted by Crippen LogP contribution is -2.28. The van der Waals surface area contributed by atoms with Gasteiger partial charge in [0.05, 0.1) is 11.5 Å². The van der Waals surface area contributed by atoms with Gasteiger partial charge in [0.25, 0.3) is 0 Å². The van der Waals surface area contributed by atoms with Crippen molar-refractivity contribution < 1.29 is 8.78 Å². The quantitative estimate of drug-likeness (QED) is 0.779. The molecule has 94 valence electrons. The molecule has 1 aromatic carbocycles. The third kappa shape index (κ3) is 1.80. The molecule has 18 heavy (non-hydrogen) atoms. The monoisotopic (exact) mass is 247 g/mol. The van der Waals surface area contributed by atoms with Gasteiger partial charge in [0.2, 0.25) is 0 Å². The van der Waals surface area contributed by atoms with E-state index in [1.165, 1.54) is 18.6 Å². The molecule has 0 radical (unpaired) electrons. The van der Waals surface area contributed by atoms with Crippen LogP contribution in [0.5, 0.6) is 0 Å². The van der Waals surface area contributed by atoms with E-state index >= 15 is 0 Å². The number of nitrogens with zero attached hydrogens (tertiary/aromatic N) is 1. The maximum absolute atomic E-state index is 13.2. The van der Waals surface area contributed by atoms with E-state index < -0.39 is 11.6 Å². The van der Waals surface area contributed by atoms with Crippen molar-refractivity contribution in [2.45, 2.75) is 32.1 Å². The Kier molecular flexibility index (Phi) is 2.62. The van der Waals surface area contributed by atoms with Crippen molar-refractivity contribution in [3.8, 4) is 6.07 Å². The average molecular weight is 247 g/mol. The minimum absolute atomic E-state index is 0.386. The van der Waals surface area contributed by atoms with Gasteiger partial charge in [-0.15, -0.1) is 0 Å². The number of fused-ring (bicyclic) bond motifs is 2. The zero-order chi connectivity index (χ0) is 12.8. The highest BCUT2D eigenvalue weighted by atomic mass is 19.1. The minimum atomic E-state index is -0.554. The molecule has 1 nitrogen and oxygen atoms in total. The predicted molar refractivity (Wildman–Crippen MR) is 63.6 cm³/mol. The van der Waals surface area contributed by atoms with E-state index in [1.54, 1.807) is 0 Å². The summed E-state index contributed by atoms with van der Waals surface area (Å²) >= 11 is 0. The first-order chi connectivity index (χ1) is 8.61. The molecule has 0 aromatic heterocycles. The van der Waals surface area contributed by atoms with Gasteiger partial charge < -0.3 is 0 Å². The van der Waals surface area contributed by atoms with Crippen LogP contribution in [-0.4, -0.2) is 0 Å². The molecule has 3 rings (SSSR count). The van der Waals surface area contributed by atoms with Crippen molar-refractivity contribution >= 4 is 0 Å². The Bertz CT molecular complexity index is 499. The number of halogens is 2. The molecule has 3 heteroatoms. The lowest BCUT2D eigenvalue weighted by Gasteiger charge is -2.31. The van der Waals surface area contributed by atoms with E-state index in [0.29, 0.717) is 23.8 Å². The van der Waals surface area contributed by atoms with Crippen LogP contribution in [0.3, 0.4) is 0 Å². The van der Waals surface area contributed by atoms with Crippen LogP contribution in [0, 0.1) is 40.2 Å². The summed E-state index contributed by atoms with van der Waals surface area (Å²) in [5, 5.41) is 9.50. The SMILES string of the molecule is N#CC1(Cc2cc(F)cc(F)c2)CC2CCC1C2. The second kappa shape index (κ2) is 4.05. The predicted octanol–water partition coefficient (Wildman–Crippen LogP) is 3.84. The molecule has 1 aromatic rings. The Morgan fingerprint density at radius 2 is 1.94 bits per heavy atom. The van der Waals surface area contributed by atoms with Crippen molar-refractivity contribution in [3.63, 3.8) is 0 Å². The summed E-state index contributed by atoms with van der Waals surface area (Å²) in [6.07, 6.45) is 4.80. The van der Waals surface area contributed by atoms with Crippen LogP contribution < -0.4 is 0 Å². The molecule has 2 aliphatic carbocycles. The van der Waals surface area contributed by atoms with Crippen molar-refractivity contribution in [2.24, 2.45) is 17.3 Å². The number of nitriles is 1. The van der Waals surface area contributed by atoms with E-state index in [-0.39, 0.29) is 5.41 Å². The summed E-state index contributed by atoms with van der Waals surface area (Å²) in [6.45, 7) is 0. The topological polar surface area (TPSA) is 23.8 Å². The highest BCUT2D eigenvalue weighted by Gasteiger charge is 2.51. The zero-order valence-electron chi connectivity index (χ0n) is 10.1. The van der Waals surface area contributed by atoms with Crippen LogP contribution in [0.25, 0.3) is 0 Å². The Balaban J connectivity index is 1.89. The molecular weight excluding hydrogens is 232 g/mol. The smallest absolute Gasteiger partial charge is 0.126 e. The van der Waals surface area contributed by atoms with Gasteiger partial charge in [-0.05, 0) is 55.2 Å². The van der Waals surface area contributed by atoms with Crippen LogP contribution in [0.15, 0.2) is 18.2 Å². The summed E-state index contributed by atoms with van der Waals surface area (Å²) in [6, 6.07) is 6.04. The maximum Gasteiger partial charge on any atom is 0.126 e. The van der Waals surface area contributed by atoms with Gasteiger partial charge in [0, 0.05) is 6.07 Å². The molecule has 2 saturated carbocycles. The molecule has 0 heterocycles. The largest absolute Gasteiger partial charge is 0.207 e. The number of hydrogen-bond acceptors (Lipinski definition) is 1. The highest BCUT2D eigenvalue weighted by Crippen LogP contribution is 2.57. The molecular formula is C15H15F2N. The van der Waals surface area contributed by atoms with Crippen LogP contribution in [-0.2, 0) is 6.42 Å². The lowest BCUT2D eigenvalue weighted by molar-refractivity contribution is 0.239. The van der Waals surface area contributed by atoms with Gasteiger partial charge in [0.1, 0.15) is 11.6 Å². The van der Waals surface area contributed by atoms with E-state index in [9.17, 15) is 14.0 Å². The molecule has 0 amide bonds. The first-order valence-electron chi connectivity index (χ1n) is 6.47.